The van der Waals surface area contributed by atoms with Gasteiger partial charge in [-0.25, -0.2) is 0 Å². The normalized spacial score (nSPS) is 24.7. The Morgan fingerprint density at radius 1 is 1.70 bits per heavy atom. The van der Waals surface area contributed by atoms with E-state index in [9.17, 15) is 0 Å². The zero-order chi connectivity index (χ0) is 7.14. The van der Waals surface area contributed by atoms with Crippen LogP contribution < -0.4 is 0 Å². The minimum absolute atomic E-state index is 0.516. The molecule has 0 aromatic rings. The lowest BCUT2D eigenvalue weighted by atomic mass is 10.3. The van der Waals surface area contributed by atoms with Gasteiger partial charge in [0.15, 0.2) is 0 Å². The third-order valence-electron chi connectivity index (χ3n) is 1.89. The van der Waals surface area contributed by atoms with Crippen molar-refractivity contribution in [2.45, 2.75) is 12.8 Å². The zero-order valence-electron chi connectivity index (χ0n) is 5.96. The van der Waals surface area contributed by atoms with Crippen LogP contribution >= 0.6 is 0 Å². The van der Waals surface area contributed by atoms with Gasteiger partial charge in [-0.3, -0.25) is 0 Å². The van der Waals surface area contributed by atoms with E-state index < -0.39 is 0 Å². The monoisotopic (exact) mass is 136 g/mol. The molecule has 0 atom stereocenters. The van der Waals surface area contributed by atoms with Gasteiger partial charge in [0.25, 0.3) is 0 Å². The minimum Gasteiger partial charge on any atom is -0.134 e. The first-order valence-corrected chi connectivity index (χ1v) is 3.53. The van der Waals surface area contributed by atoms with Crippen LogP contribution in [-0.2, 0) is 0 Å². The number of rotatable bonds is 1. The number of allylic oxidation sites excluding steroid dienone is 1. The largest absolute Gasteiger partial charge is 0.336 e. The van der Waals surface area contributed by atoms with Gasteiger partial charge >= 0.3 is 5.84 Å². The summed E-state index contributed by atoms with van der Waals surface area (Å²) >= 11 is 0. The highest BCUT2D eigenvalue weighted by Gasteiger charge is 2.31. The number of nitrogens with one attached hydrogen (secondary N) is 1. The maximum absolute atomic E-state index is 7.36. The minimum atomic E-state index is 0.516. The molecule has 0 amide bonds. The predicted molar refractivity (Wildman–Crippen MR) is 37.1 cm³/mol. The molecule has 2 aliphatic rings. The van der Waals surface area contributed by atoms with Gasteiger partial charge in [-0.05, 0) is 12.8 Å². The molecule has 1 aliphatic heterocycles. The highest BCUT2D eigenvalue weighted by atomic mass is 15.3. The van der Waals surface area contributed by atoms with Crippen LogP contribution in [0, 0.1) is 11.3 Å². The second-order valence-electron chi connectivity index (χ2n) is 2.85. The van der Waals surface area contributed by atoms with Crippen molar-refractivity contribution in [3.05, 3.63) is 11.8 Å². The molecular weight excluding hydrogens is 126 g/mol. The fourth-order valence-corrected chi connectivity index (χ4v) is 1.07. The summed E-state index contributed by atoms with van der Waals surface area (Å²) in [6, 6.07) is 0. The van der Waals surface area contributed by atoms with E-state index in [-0.39, 0.29) is 0 Å². The predicted octanol–water partition coefficient (Wildman–Crippen LogP) is 1.37. The number of azo groups is 2. The van der Waals surface area contributed by atoms with Gasteiger partial charge in [-0.15, -0.1) is 4.70 Å². The van der Waals surface area contributed by atoms with Crippen LogP contribution in [0.5, 0.6) is 0 Å². The van der Waals surface area contributed by atoms with Crippen molar-refractivity contribution < 1.29 is 4.70 Å². The Kier molecular flexibility index (Phi) is 1.01. The second kappa shape index (κ2) is 1.75. The van der Waals surface area contributed by atoms with Crippen molar-refractivity contribution in [2.75, 3.05) is 7.05 Å². The Morgan fingerprint density at radius 3 is 2.80 bits per heavy atom. The van der Waals surface area contributed by atoms with E-state index in [0.29, 0.717) is 11.8 Å². The molecule has 1 N–H and O–H groups in total. The second-order valence-corrected chi connectivity index (χ2v) is 2.85. The van der Waals surface area contributed by atoms with Gasteiger partial charge < -0.3 is 0 Å². The Morgan fingerprint density at radius 2 is 2.40 bits per heavy atom. The summed E-state index contributed by atoms with van der Waals surface area (Å²) in [5.74, 6) is 1.19. The lowest BCUT2D eigenvalue weighted by Gasteiger charge is -1.83. The number of amidine groups is 1. The molecule has 0 aromatic carbocycles. The van der Waals surface area contributed by atoms with E-state index >= 15 is 0 Å². The summed E-state index contributed by atoms with van der Waals surface area (Å²) in [6.07, 6.45) is 4.38. The molecule has 1 fully saturated rings. The molecule has 1 aliphatic carbocycles. The maximum atomic E-state index is 7.36. The van der Waals surface area contributed by atoms with Crippen LogP contribution in [0.1, 0.15) is 12.8 Å². The molecule has 1 heterocycles. The van der Waals surface area contributed by atoms with Crippen molar-refractivity contribution in [1.29, 1.82) is 5.41 Å². The van der Waals surface area contributed by atoms with Gasteiger partial charge in [0.2, 0.25) is 0 Å². The molecule has 2 rings (SSSR count). The summed E-state index contributed by atoms with van der Waals surface area (Å²) in [5.41, 5.74) is 1.10. The van der Waals surface area contributed by atoms with Crippen molar-refractivity contribution in [2.24, 2.45) is 11.0 Å². The quantitative estimate of drug-likeness (QED) is 0.529. The lowest BCUT2D eigenvalue weighted by Crippen LogP contribution is -2.04. The molecule has 0 bridgehead atoms. The standard InChI is InChI=1S/C7H10N3/c1-10-7(8)4-6(9-10)5-2-3-5/h4-5,8H,2-3H2,1H3/q+1. The van der Waals surface area contributed by atoms with Crippen LogP contribution in [0.25, 0.3) is 0 Å². The van der Waals surface area contributed by atoms with E-state index in [1.807, 2.05) is 13.1 Å². The molecule has 3 heteroatoms. The van der Waals surface area contributed by atoms with Crippen molar-refractivity contribution in [3.8, 4) is 0 Å². The van der Waals surface area contributed by atoms with E-state index in [0.717, 1.165) is 5.70 Å². The fraction of sp³-hybridized carbons (Fsp3) is 0.571. The molecule has 0 radical (unpaired) electrons. The molecule has 10 heavy (non-hydrogen) atoms. The van der Waals surface area contributed by atoms with E-state index in [1.165, 1.54) is 12.8 Å². The Balaban J connectivity index is 2.25. The summed E-state index contributed by atoms with van der Waals surface area (Å²) in [5, 5.41) is 11.6. The summed E-state index contributed by atoms with van der Waals surface area (Å²) < 4.78 is 1.62. The van der Waals surface area contributed by atoms with Crippen molar-refractivity contribution >= 4 is 5.84 Å². The highest BCUT2D eigenvalue weighted by molar-refractivity contribution is 5.84. The molecule has 0 unspecified atom stereocenters. The average molecular weight is 136 g/mol. The SMILES string of the molecule is C[N+]1=NC(C2CC2)=CC1=N. The molecule has 0 saturated heterocycles. The Labute approximate surface area is 59.6 Å². The zero-order valence-corrected chi connectivity index (χ0v) is 5.96. The van der Waals surface area contributed by atoms with E-state index in [1.54, 1.807) is 4.70 Å². The van der Waals surface area contributed by atoms with Gasteiger partial charge in [-0.1, -0.05) is 10.5 Å². The third-order valence-corrected chi connectivity index (χ3v) is 1.89. The Hall–Kier alpha value is -0.990. The summed E-state index contributed by atoms with van der Waals surface area (Å²) in [4.78, 5) is 0. The average Bonchev–Trinajstić information content (AvgIpc) is 2.64. The van der Waals surface area contributed by atoms with Crippen molar-refractivity contribution in [3.63, 3.8) is 0 Å². The Bertz CT molecular complexity index is 246. The van der Waals surface area contributed by atoms with Crippen LogP contribution in [-0.4, -0.2) is 17.6 Å². The summed E-state index contributed by atoms with van der Waals surface area (Å²) in [6.45, 7) is 0. The first-order chi connectivity index (χ1) is 4.77. The lowest BCUT2D eigenvalue weighted by molar-refractivity contribution is -0.442. The van der Waals surface area contributed by atoms with Crippen LogP contribution in [0.3, 0.4) is 0 Å². The fourth-order valence-electron chi connectivity index (χ4n) is 1.07. The van der Waals surface area contributed by atoms with Gasteiger partial charge in [0, 0.05) is 5.92 Å². The summed E-state index contributed by atoms with van der Waals surface area (Å²) in [7, 11) is 1.81. The highest BCUT2D eigenvalue weighted by Crippen LogP contribution is 2.38. The van der Waals surface area contributed by atoms with E-state index in [4.69, 9.17) is 5.41 Å². The smallest absolute Gasteiger partial charge is 0.134 e. The molecule has 0 aromatic heterocycles. The number of hydrogen-bond acceptors (Lipinski definition) is 2. The molecule has 0 spiro atoms. The number of likely N-dealkylation sites (N-methyl/N-ethyl adjacent to an activating group) is 1. The number of nitrogens with zero attached hydrogens (tertiary/aromatic N) is 2. The first-order valence-electron chi connectivity index (χ1n) is 3.53. The van der Waals surface area contributed by atoms with Crippen LogP contribution in [0.4, 0.5) is 0 Å². The molecule has 52 valence electrons. The van der Waals surface area contributed by atoms with Crippen LogP contribution in [0.15, 0.2) is 16.9 Å². The molecule has 3 nitrogen and oxygen atoms in total. The number of hydrogen-bond donors (Lipinski definition) is 1. The van der Waals surface area contributed by atoms with Gasteiger partial charge in [-0.2, -0.15) is 0 Å². The topological polar surface area (TPSA) is 39.2 Å². The molecule has 1 saturated carbocycles. The van der Waals surface area contributed by atoms with Crippen LogP contribution in [0.2, 0.25) is 0 Å². The van der Waals surface area contributed by atoms with Crippen molar-refractivity contribution in [1.82, 2.24) is 0 Å². The maximum Gasteiger partial charge on any atom is 0.336 e. The van der Waals surface area contributed by atoms with Gasteiger partial charge in [0.1, 0.15) is 7.05 Å². The first kappa shape index (κ1) is 5.77. The van der Waals surface area contributed by atoms with Gasteiger partial charge in [0.05, 0.1) is 11.8 Å². The molecular formula is C7H10N3+. The third kappa shape index (κ3) is 0.781. The van der Waals surface area contributed by atoms with E-state index in [2.05, 4.69) is 5.11 Å².